The average Bonchev–Trinajstić information content (AvgIpc) is 2.36. The molecule has 18 heavy (non-hydrogen) atoms. The van der Waals surface area contributed by atoms with E-state index in [0.717, 1.165) is 0 Å². The van der Waals surface area contributed by atoms with Crippen molar-refractivity contribution in [3.05, 3.63) is 30.1 Å². The van der Waals surface area contributed by atoms with Crippen LogP contribution in [0.2, 0.25) is 0 Å². The molecule has 0 N–H and O–H groups in total. The van der Waals surface area contributed by atoms with Gasteiger partial charge < -0.3 is 14.4 Å². The number of anilines is 1. The largest absolute Gasteiger partial charge is 0.372 e. The number of benzene rings is 1. The molecule has 0 atom stereocenters. The molecule has 0 aliphatic heterocycles. The minimum absolute atomic E-state index is 0.204. The second kappa shape index (κ2) is 8.06. The highest BCUT2D eigenvalue weighted by atomic mass is 19.1. The van der Waals surface area contributed by atoms with Crippen molar-refractivity contribution >= 4 is 5.69 Å². The smallest absolute Gasteiger partial charge is 0.159 e. The van der Waals surface area contributed by atoms with Gasteiger partial charge in [-0.1, -0.05) is 12.1 Å². The summed E-state index contributed by atoms with van der Waals surface area (Å²) in [7, 11) is 1.87. The van der Waals surface area contributed by atoms with Crippen molar-refractivity contribution in [2.24, 2.45) is 0 Å². The highest BCUT2D eigenvalue weighted by Gasteiger charge is 2.11. The van der Waals surface area contributed by atoms with Gasteiger partial charge in [0.25, 0.3) is 0 Å². The molecule has 0 bridgehead atoms. The van der Waals surface area contributed by atoms with Crippen LogP contribution in [0.5, 0.6) is 0 Å². The molecule has 0 fully saturated rings. The minimum Gasteiger partial charge on any atom is -0.372 e. The number of para-hydroxylation sites is 1. The van der Waals surface area contributed by atoms with E-state index in [-0.39, 0.29) is 12.1 Å². The van der Waals surface area contributed by atoms with Crippen LogP contribution in [0.3, 0.4) is 0 Å². The second-order valence-electron chi connectivity index (χ2n) is 4.00. The van der Waals surface area contributed by atoms with E-state index in [4.69, 9.17) is 9.47 Å². The first-order valence-corrected chi connectivity index (χ1v) is 6.37. The highest BCUT2D eigenvalue weighted by Crippen LogP contribution is 2.17. The Morgan fingerprint density at radius 2 is 1.78 bits per heavy atom. The van der Waals surface area contributed by atoms with Gasteiger partial charge in [0.15, 0.2) is 6.29 Å². The molecule has 0 amide bonds. The lowest BCUT2D eigenvalue weighted by atomic mass is 10.2. The van der Waals surface area contributed by atoms with Crippen molar-refractivity contribution < 1.29 is 13.9 Å². The molecule has 0 aliphatic rings. The molecule has 0 spiro atoms. The van der Waals surface area contributed by atoms with Crippen molar-refractivity contribution in [1.29, 1.82) is 0 Å². The van der Waals surface area contributed by atoms with E-state index in [1.807, 2.05) is 31.9 Å². The topological polar surface area (TPSA) is 21.7 Å². The molecule has 0 radical (unpaired) electrons. The van der Waals surface area contributed by atoms with Gasteiger partial charge in [-0.05, 0) is 26.0 Å². The van der Waals surface area contributed by atoms with Crippen LogP contribution in [0.4, 0.5) is 10.1 Å². The van der Waals surface area contributed by atoms with E-state index in [2.05, 4.69) is 0 Å². The number of hydrogen-bond donors (Lipinski definition) is 0. The maximum atomic E-state index is 13.6. The molecule has 1 aromatic carbocycles. The summed E-state index contributed by atoms with van der Waals surface area (Å²) in [5.41, 5.74) is 0.601. The van der Waals surface area contributed by atoms with Crippen LogP contribution < -0.4 is 4.90 Å². The maximum absolute atomic E-state index is 13.6. The highest BCUT2D eigenvalue weighted by molar-refractivity contribution is 5.46. The average molecular weight is 255 g/mol. The van der Waals surface area contributed by atoms with Crippen molar-refractivity contribution in [2.45, 2.75) is 26.6 Å². The first kappa shape index (κ1) is 14.9. The van der Waals surface area contributed by atoms with Gasteiger partial charge in [0, 0.05) is 33.2 Å². The Balaban J connectivity index is 2.49. The molecule has 4 heteroatoms. The standard InChI is InChI=1S/C14H22FNO2/c1-4-17-14(18-5-2)10-11-16(3)13-9-7-6-8-12(13)15/h6-9,14H,4-5,10-11H2,1-3H3. The van der Waals surface area contributed by atoms with Crippen LogP contribution >= 0.6 is 0 Å². The lowest BCUT2D eigenvalue weighted by Gasteiger charge is -2.23. The van der Waals surface area contributed by atoms with Gasteiger partial charge in [0.05, 0.1) is 5.69 Å². The normalized spacial score (nSPS) is 10.9. The predicted octanol–water partition coefficient (Wildman–Crippen LogP) is 3.05. The number of hydrogen-bond acceptors (Lipinski definition) is 3. The summed E-state index contributed by atoms with van der Waals surface area (Å²) in [5.74, 6) is -0.204. The van der Waals surface area contributed by atoms with Crippen molar-refractivity contribution in [3.63, 3.8) is 0 Å². The van der Waals surface area contributed by atoms with Crippen molar-refractivity contribution in [3.8, 4) is 0 Å². The van der Waals surface area contributed by atoms with E-state index in [0.29, 0.717) is 31.9 Å². The van der Waals surface area contributed by atoms with Crippen LogP contribution in [-0.2, 0) is 9.47 Å². The Morgan fingerprint density at radius 1 is 1.17 bits per heavy atom. The molecule has 1 rings (SSSR count). The zero-order valence-electron chi connectivity index (χ0n) is 11.4. The summed E-state index contributed by atoms with van der Waals surface area (Å²) in [5, 5.41) is 0. The van der Waals surface area contributed by atoms with Crippen molar-refractivity contribution in [2.75, 3.05) is 31.7 Å². The van der Waals surface area contributed by atoms with Gasteiger partial charge in [0.2, 0.25) is 0 Å². The number of rotatable bonds is 8. The SMILES string of the molecule is CCOC(CCN(C)c1ccccc1F)OCC. The third-order valence-electron chi connectivity index (χ3n) is 2.67. The van der Waals surface area contributed by atoms with E-state index in [9.17, 15) is 4.39 Å². The Labute approximate surface area is 109 Å². The molecule has 0 unspecified atom stereocenters. The first-order valence-electron chi connectivity index (χ1n) is 6.37. The van der Waals surface area contributed by atoms with E-state index in [1.165, 1.54) is 6.07 Å². The molecule has 0 saturated carbocycles. The molecular weight excluding hydrogens is 233 g/mol. The lowest BCUT2D eigenvalue weighted by Crippen LogP contribution is -2.27. The van der Waals surface area contributed by atoms with Gasteiger partial charge in [-0.3, -0.25) is 0 Å². The van der Waals surface area contributed by atoms with E-state index >= 15 is 0 Å². The molecule has 3 nitrogen and oxygen atoms in total. The van der Waals surface area contributed by atoms with Gasteiger partial charge >= 0.3 is 0 Å². The third kappa shape index (κ3) is 4.63. The zero-order valence-corrected chi connectivity index (χ0v) is 11.4. The first-order chi connectivity index (χ1) is 8.69. The Kier molecular flexibility index (Phi) is 6.68. The fraction of sp³-hybridized carbons (Fsp3) is 0.571. The number of ether oxygens (including phenoxy) is 2. The summed E-state index contributed by atoms with van der Waals surface area (Å²) in [6, 6.07) is 6.76. The lowest BCUT2D eigenvalue weighted by molar-refractivity contribution is -0.137. The van der Waals surface area contributed by atoms with Crippen LogP contribution in [0, 0.1) is 5.82 Å². The van der Waals surface area contributed by atoms with Crippen molar-refractivity contribution in [1.82, 2.24) is 0 Å². The molecule has 102 valence electrons. The Bertz CT molecular complexity index is 340. The summed E-state index contributed by atoms with van der Waals surface area (Å²) in [6.45, 7) is 5.80. The fourth-order valence-corrected chi connectivity index (χ4v) is 1.77. The third-order valence-corrected chi connectivity index (χ3v) is 2.67. The minimum atomic E-state index is -0.214. The van der Waals surface area contributed by atoms with E-state index in [1.54, 1.807) is 12.1 Å². The molecule has 1 aromatic rings. The fourth-order valence-electron chi connectivity index (χ4n) is 1.77. The Morgan fingerprint density at radius 3 is 2.33 bits per heavy atom. The second-order valence-corrected chi connectivity index (χ2v) is 4.00. The molecule has 0 aliphatic carbocycles. The quantitative estimate of drug-likeness (QED) is 0.666. The van der Waals surface area contributed by atoms with Gasteiger partial charge in [-0.25, -0.2) is 4.39 Å². The monoisotopic (exact) mass is 255 g/mol. The Hall–Kier alpha value is -1.13. The number of nitrogens with zero attached hydrogens (tertiary/aromatic N) is 1. The van der Waals surface area contributed by atoms with Gasteiger partial charge in [-0.15, -0.1) is 0 Å². The van der Waals surface area contributed by atoms with E-state index < -0.39 is 0 Å². The van der Waals surface area contributed by atoms with Gasteiger partial charge in [0.1, 0.15) is 5.82 Å². The number of halogens is 1. The zero-order chi connectivity index (χ0) is 13.4. The molecule has 0 saturated heterocycles. The van der Waals surface area contributed by atoms with Gasteiger partial charge in [-0.2, -0.15) is 0 Å². The summed E-state index contributed by atoms with van der Waals surface area (Å²) >= 11 is 0. The van der Waals surface area contributed by atoms with Crippen LogP contribution in [0.25, 0.3) is 0 Å². The van der Waals surface area contributed by atoms with Crippen LogP contribution in [-0.4, -0.2) is 33.1 Å². The molecular formula is C14H22FNO2. The predicted molar refractivity (Wildman–Crippen MR) is 71.3 cm³/mol. The summed E-state index contributed by atoms with van der Waals surface area (Å²) in [4.78, 5) is 1.88. The summed E-state index contributed by atoms with van der Waals surface area (Å²) < 4.78 is 24.5. The van der Waals surface area contributed by atoms with Crippen LogP contribution in [0.1, 0.15) is 20.3 Å². The summed E-state index contributed by atoms with van der Waals surface area (Å²) in [6.07, 6.45) is 0.501. The maximum Gasteiger partial charge on any atom is 0.159 e. The van der Waals surface area contributed by atoms with Crippen LogP contribution in [0.15, 0.2) is 24.3 Å². The molecule has 0 aromatic heterocycles. The molecule has 0 heterocycles.